The van der Waals surface area contributed by atoms with E-state index in [2.05, 4.69) is 39.6 Å². The van der Waals surface area contributed by atoms with Gasteiger partial charge in [-0.2, -0.15) is 5.26 Å². The molecule has 70 valence electrons. The summed E-state index contributed by atoms with van der Waals surface area (Å²) in [6, 6.07) is 4.48. The first-order valence-corrected chi connectivity index (χ1v) is 5.76. The molecule has 1 aromatic heterocycles. The summed E-state index contributed by atoms with van der Waals surface area (Å²) in [6.07, 6.45) is 0.563. The fourth-order valence-electron chi connectivity index (χ4n) is 1.05. The van der Waals surface area contributed by atoms with Crippen LogP contribution in [0, 0.1) is 11.3 Å². The Labute approximate surface area is 90.7 Å². The van der Waals surface area contributed by atoms with Crippen LogP contribution < -0.4 is 5.32 Å². The molecular weight excluding hydrogens is 248 g/mol. The number of rotatable bonds is 4. The Bertz CT molecular complexity index is 303. The smallest absolute Gasteiger partial charge is 0.0635 e. The van der Waals surface area contributed by atoms with Gasteiger partial charge in [-0.05, 0) is 34.3 Å². The fraction of sp³-hybridized carbons (Fsp3) is 0.444. The molecule has 0 bridgehead atoms. The van der Waals surface area contributed by atoms with E-state index in [0.717, 1.165) is 11.0 Å². The SMILES string of the molecule is CC(NCCC#N)c1sccc1Br. The van der Waals surface area contributed by atoms with Crippen molar-refractivity contribution < 1.29 is 0 Å². The van der Waals surface area contributed by atoms with E-state index in [0.29, 0.717) is 12.5 Å². The molecule has 1 unspecified atom stereocenters. The molecular formula is C9H11BrN2S. The van der Waals surface area contributed by atoms with Crippen molar-refractivity contribution in [2.24, 2.45) is 0 Å². The number of nitriles is 1. The summed E-state index contributed by atoms with van der Waals surface area (Å²) in [6.45, 7) is 2.86. The van der Waals surface area contributed by atoms with Crippen LogP contribution in [-0.4, -0.2) is 6.54 Å². The zero-order valence-electron chi connectivity index (χ0n) is 7.38. The third-order valence-corrected chi connectivity index (χ3v) is 3.78. The molecule has 4 heteroatoms. The number of hydrogen-bond donors (Lipinski definition) is 1. The highest BCUT2D eigenvalue weighted by Gasteiger charge is 2.08. The van der Waals surface area contributed by atoms with Gasteiger partial charge >= 0.3 is 0 Å². The van der Waals surface area contributed by atoms with Crippen LogP contribution in [0.3, 0.4) is 0 Å². The second kappa shape index (κ2) is 5.38. The van der Waals surface area contributed by atoms with Gasteiger partial charge in [0.05, 0.1) is 6.07 Å². The highest BCUT2D eigenvalue weighted by molar-refractivity contribution is 9.10. The zero-order chi connectivity index (χ0) is 9.68. The van der Waals surface area contributed by atoms with E-state index in [-0.39, 0.29) is 0 Å². The van der Waals surface area contributed by atoms with Crippen molar-refractivity contribution in [3.8, 4) is 6.07 Å². The second-order valence-electron chi connectivity index (χ2n) is 2.72. The van der Waals surface area contributed by atoms with Crippen LogP contribution >= 0.6 is 27.3 Å². The molecule has 0 aromatic carbocycles. The topological polar surface area (TPSA) is 35.8 Å². The van der Waals surface area contributed by atoms with Crippen LogP contribution in [0.5, 0.6) is 0 Å². The molecule has 0 saturated heterocycles. The first-order valence-electron chi connectivity index (χ1n) is 4.09. The van der Waals surface area contributed by atoms with E-state index >= 15 is 0 Å². The van der Waals surface area contributed by atoms with Gasteiger partial charge in [0.15, 0.2) is 0 Å². The minimum absolute atomic E-state index is 0.322. The average molecular weight is 259 g/mol. The molecule has 0 aliphatic carbocycles. The standard InChI is InChI=1S/C9H11BrN2S/c1-7(12-5-2-4-11)9-8(10)3-6-13-9/h3,6-7,12H,2,5H2,1H3. The summed E-state index contributed by atoms with van der Waals surface area (Å²) in [7, 11) is 0. The summed E-state index contributed by atoms with van der Waals surface area (Å²) < 4.78 is 1.15. The van der Waals surface area contributed by atoms with Gasteiger partial charge in [-0.1, -0.05) is 0 Å². The lowest BCUT2D eigenvalue weighted by atomic mass is 10.2. The molecule has 0 radical (unpaired) electrons. The lowest BCUT2D eigenvalue weighted by Crippen LogP contribution is -2.18. The Morgan fingerprint density at radius 3 is 3.08 bits per heavy atom. The maximum Gasteiger partial charge on any atom is 0.0635 e. The Balaban J connectivity index is 2.45. The molecule has 0 spiro atoms. The molecule has 0 saturated carbocycles. The molecule has 1 N–H and O–H groups in total. The predicted molar refractivity (Wildman–Crippen MR) is 58.7 cm³/mol. The van der Waals surface area contributed by atoms with E-state index in [4.69, 9.17) is 5.26 Å². The van der Waals surface area contributed by atoms with Crippen LogP contribution in [-0.2, 0) is 0 Å². The molecule has 1 heterocycles. The first-order chi connectivity index (χ1) is 6.25. The zero-order valence-corrected chi connectivity index (χ0v) is 9.78. The second-order valence-corrected chi connectivity index (χ2v) is 4.52. The number of thiophene rings is 1. The summed E-state index contributed by atoms with van der Waals surface area (Å²) in [4.78, 5) is 1.29. The Hall–Kier alpha value is -0.370. The molecule has 0 aliphatic rings. The molecule has 1 rings (SSSR count). The van der Waals surface area contributed by atoms with Crippen molar-refractivity contribution in [3.05, 3.63) is 20.8 Å². The molecule has 2 nitrogen and oxygen atoms in total. The summed E-state index contributed by atoms with van der Waals surface area (Å²) in [5, 5.41) is 13.7. The Morgan fingerprint density at radius 1 is 1.77 bits per heavy atom. The van der Waals surface area contributed by atoms with Crippen LogP contribution in [0.1, 0.15) is 24.3 Å². The lowest BCUT2D eigenvalue weighted by molar-refractivity contribution is 0.590. The molecule has 0 fully saturated rings. The Morgan fingerprint density at radius 2 is 2.54 bits per heavy atom. The molecule has 1 aromatic rings. The van der Waals surface area contributed by atoms with Crippen molar-refractivity contribution in [2.75, 3.05) is 6.54 Å². The number of nitrogens with one attached hydrogen (secondary N) is 1. The van der Waals surface area contributed by atoms with Gasteiger partial charge in [0, 0.05) is 28.4 Å². The van der Waals surface area contributed by atoms with Crippen molar-refractivity contribution in [3.63, 3.8) is 0 Å². The first kappa shape index (κ1) is 10.7. The van der Waals surface area contributed by atoms with E-state index in [1.807, 2.05) is 6.07 Å². The Kier molecular flexibility index (Phi) is 4.43. The molecule has 0 aliphatic heterocycles. The van der Waals surface area contributed by atoms with Gasteiger partial charge in [-0.15, -0.1) is 11.3 Å². The quantitative estimate of drug-likeness (QED) is 0.843. The van der Waals surface area contributed by atoms with E-state index in [1.54, 1.807) is 11.3 Å². The van der Waals surface area contributed by atoms with E-state index in [1.165, 1.54) is 4.88 Å². The lowest BCUT2D eigenvalue weighted by Gasteiger charge is -2.10. The van der Waals surface area contributed by atoms with Crippen molar-refractivity contribution in [1.29, 1.82) is 5.26 Å². The van der Waals surface area contributed by atoms with Crippen LogP contribution in [0.25, 0.3) is 0 Å². The van der Waals surface area contributed by atoms with Gasteiger partial charge in [-0.25, -0.2) is 0 Å². The third kappa shape index (κ3) is 3.11. The van der Waals surface area contributed by atoms with Crippen molar-refractivity contribution in [1.82, 2.24) is 5.32 Å². The maximum absolute atomic E-state index is 8.37. The van der Waals surface area contributed by atoms with Gasteiger partial charge < -0.3 is 5.32 Å². The van der Waals surface area contributed by atoms with Gasteiger partial charge in [-0.3, -0.25) is 0 Å². The highest BCUT2D eigenvalue weighted by atomic mass is 79.9. The van der Waals surface area contributed by atoms with Gasteiger partial charge in [0.25, 0.3) is 0 Å². The predicted octanol–water partition coefficient (Wildman–Crippen LogP) is 3.07. The largest absolute Gasteiger partial charge is 0.308 e. The number of hydrogen-bond acceptors (Lipinski definition) is 3. The summed E-state index contributed by atoms with van der Waals surface area (Å²) in [5.41, 5.74) is 0. The highest BCUT2D eigenvalue weighted by Crippen LogP contribution is 2.28. The maximum atomic E-state index is 8.37. The van der Waals surface area contributed by atoms with E-state index < -0.39 is 0 Å². The summed E-state index contributed by atoms with van der Waals surface area (Å²) in [5.74, 6) is 0. The summed E-state index contributed by atoms with van der Waals surface area (Å²) >= 11 is 5.20. The van der Waals surface area contributed by atoms with Crippen LogP contribution in [0.4, 0.5) is 0 Å². The third-order valence-electron chi connectivity index (χ3n) is 1.73. The van der Waals surface area contributed by atoms with Crippen molar-refractivity contribution >= 4 is 27.3 Å². The van der Waals surface area contributed by atoms with Crippen LogP contribution in [0.2, 0.25) is 0 Å². The van der Waals surface area contributed by atoms with Crippen molar-refractivity contribution in [2.45, 2.75) is 19.4 Å². The fourth-order valence-corrected chi connectivity index (χ4v) is 2.80. The van der Waals surface area contributed by atoms with Gasteiger partial charge in [0.1, 0.15) is 0 Å². The number of halogens is 1. The minimum atomic E-state index is 0.322. The van der Waals surface area contributed by atoms with E-state index in [9.17, 15) is 0 Å². The molecule has 13 heavy (non-hydrogen) atoms. The van der Waals surface area contributed by atoms with Crippen LogP contribution in [0.15, 0.2) is 15.9 Å². The normalized spacial score (nSPS) is 12.4. The monoisotopic (exact) mass is 258 g/mol. The number of nitrogens with zero attached hydrogens (tertiary/aromatic N) is 1. The van der Waals surface area contributed by atoms with Gasteiger partial charge in [0.2, 0.25) is 0 Å². The molecule has 0 amide bonds. The average Bonchev–Trinajstić information content (AvgIpc) is 2.52. The minimum Gasteiger partial charge on any atom is -0.308 e. The molecule has 1 atom stereocenters.